The first kappa shape index (κ1) is 18.5. The molecule has 0 bridgehead atoms. The van der Waals surface area contributed by atoms with Crippen molar-refractivity contribution >= 4 is 10.0 Å². The zero-order valence-corrected chi connectivity index (χ0v) is 14.3. The highest BCUT2D eigenvalue weighted by atomic mass is 32.3. The van der Waals surface area contributed by atoms with Gasteiger partial charge in [0, 0.05) is 14.7 Å². The number of hydrogen-bond donors (Lipinski definition) is 0. The van der Waals surface area contributed by atoms with E-state index in [9.17, 15) is 13.2 Å². The van der Waals surface area contributed by atoms with Gasteiger partial charge in [-0.2, -0.15) is 22.0 Å². The van der Waals surface area contributed by atoms with Crippen molar-refractivity contribution in [3.05, 3.63) is 91.0 Å². The molecule has 0 spiro atoms. The molecule has 0 aliphatic heterocycles. The monoisotopic (exact) mass is 382 g/mol. The number of benzene rings is 3. The van der Waals surface area contributed by atoms with Gasteiger partial charge in [-0.25, -0.2) is 0 Å². The number of hydrogen-bond acceptors (Lipinski definition) is 0. The Morgan fingerprint density at radius 2 is 0.731 bits per heavy atom. The summed E-state index contributed by atoms with van der Waals surface area (Å²) in [7, 11) is -3.93. The summed E-state index contributed by atoms with van der Waals surface area (Å²) in [5.74, 6) is 0. The fourth-order valence-electron chi connectivity index (χ4n) is 2.90. The van der Waals surface area contributed by atoms with Crippen LogP contribution in [0.3, 0.4) is 0 Å². The van der Waals surface area contributed by atoms with E-state index >= 15 is 8.78 Å². The Balaban J connectivity index is 2.48. The van der Waals surface area contributed by atoms with E-state index in [4.69, 9.17) is 0 Å². The first-order valence-corrected chi connectivity index (χ1v) is 9.38. The average molecular weight is 382 g/mol. The van der Waals surface area contributed by atoms with Gasteiger partial charge in [-0.3, -0.25) is 0 Å². The van der Waals surface area contributed by atoms with Crippen molar-refractivity contribution in [3.63, 3.8) is 0 Å². The largest absolute Gasteiger partial charge is 0.463 e. The van der Waals surface area contributed by atoms with Crippen molar-refractivity contribution in [2.24, 2.45) is 0 Å². The van der Waals surface area contributed by atoms with Gasteiger partial charge in [0.25, 0.3) is 0 Å². The maximum atomic E-state index is 15.2. The highest BCUT2D eigenvalue weighted by molar-refractivity contribution is 8.34. The molecule has 136 valence electrons. The normalized spacial score (nSPS) is 13.4. The smallest absolute Gasteiger partial charge is 0.184 e. The maximum Gasteiger partial charge on any atom is 0.463 e. The van der Waals surface area contributed by atoms with Gasteiger partial charge >= 0.3 is 11.4 Å². The summed E-state index contributed by atoms with van der Waals surface area (Å²) in [5, 5.41) is -4.95. The molecule has 0 aromatic heterocycles. The third-order valence-corrected chi connectivity index (χ3v) is 7.94. The summed E-state index contributed by atoms with van der Waals surface area (Å²) in [6, 6.07) is 21.7. The minimum absolute atomic E-state index is 0.0419. The lowest BCUT2D eigenvalue weighted by atomic mass is 10.4. The van der Waals surface area contributed by atoms with Crippen molar-refractivity contribution < 1.29 is 22.0 Å². The molecule has 0 aliphatic rings. The quantitative estimate of drug-likeness (QED) is 0.421. The zero-order chi connectivity index (χ0) is 18.8. The second kappa shape index (κ2) is 6.76. The molecule has 3 rings (SSSR count). The van der Waals surface area contributed by atoms with Gasteiger partial charge in [0.15, 0.2) is 0 Å². The first-order chi connectivity index (χ1) is 12.3. The molecule has 3 aromatic rings. The fraction of sp³-hybridized carbons (Fsp3) is 0.100. The van der Waals surface area contributed by atoms with Crippen LogP contribution in [-0.4, -0.2) is 11.4 Å². The Kier molecular flexibility index (Phi) is 4.80. The van der Waals surface area contributed by atoms with Gasteiger partial charge in [-0.05, 0) is 36.4 Å². The molecule has 0 aliphatic carbocycles. The Bertz CT molecular complexity index is 749. The van der Waals surface area contributed by atoms with Crippen LogP contribution >= 0.6 is 10.0 Å². The average Bonchev–Trinajstić information content (AvgIpc) is 2.64. The second-order valence-corrected chi connectivity index (χ2v) is 8.72. The van der Waals surface area contributed by atoms with Crippen LogP contribution in [0, 0.1) is 0 Å². The van der Waals surface area contributed by atoms with Gasteiger partial charge in [-0.15, -0.1) is 0 Å². The van der Waals surface area contributed by atoms with Gasteiger partial charge in [0.05, 0.1) is 0 Å². The van der Waals surface area contributed by atoms with Gasteiger partial charge in [0.1, 0.15) is 0 Å². The standard InChI is InChI=1S/C20H15F5S/c21-19(22,23)20(24,25)26(16-10-4-1-5-11-16,17-12-6-2-7-13-17)18-14-8-3-9-15-18/h1-15H. The molecule has 0 N–H and O–H groups in total. The first-order valence-electron chi connectivity index (χ1n) is 7.74. The van der Waals surface area contributed by atoms with Crippen LogP contribution in [0.4, 0.5) is 22.0 Å². The molecule has 26 heavy (non-hydrogen) atoms. The van der Waals surface area contributed by atoms with Crippen LogP contribution in [0.5, 0.6) is 0 Å². The van der Waals surface area contributed by atoms with Crippen LogP contribution < -0.4 is 0 Å². The topological polar surface area (TPSA) is 0 Å². The van der Waals surface area contributed by atoms with Crippen LogP contribution in [-0.2, 0) is 0 Å². The second-order valence-electron chi connectivity index (χ2n) is 5.57. The van der Waals surface area contributed by atoms with E-state index in [2.05, 4.69) is 0 Å². The van der Waals surface area contributed by atoms with Gasteiger partial charge in [-0.1, -0.05) is 64.6 Å². The predicted molar refractivity (Wildman–Crippen MR) is 92.7 cm³/mol. The van der Waals surface area contributed by atoms with Crippen molar-refractivity contribution in [3.8, 4) is 0 Å². The van der Waals surface area contributed by atoms with Crippen molar-refractivity contribution in [2.75, 3.05) is 0 Å². The maximum absolute atomic E-state index is 15.2. The molecule has 0 radical (unpaired) electrons. The Labute approximate surface area is 149 Å². The van der Waals surface area contributed by atoms with Gasteiger partial charge in [0.2, 0.25) is 0 Å². The highest BCUT2D eigenvalue weighted by Gasteiger charge is 2.69. The zero-order valence-electron chi connectivity index (χ0n) is 13.5. The van der Waals surface area contributed by atoms with E-state index in [1.165, 1.54) is 72.8 Å². The fourth-order valence-corrected chi connectivity index (χ4v) is 6.65. The molecule has 0 saturated heterocycles. The van der Waals surface area contributed by atoms with Crippen LogP contribution in [0.15, 0.2) is 106 Å². The number of rotatable bonds is 4. The number of alkyl halides is 5. The van der Waals surface area contributed by atoms with E-state index in [0.29, 0.717) is 0 Å². The molecular formula is C20H15F5S. The van der Waals surface area contributed by atoms with Crippen LogP contribution in [0.2, 0.25) is 0 Å². The Hall–Kier alpha value is -2.34. The minimum atomic E-state index is -5.70. The van der Waals surface area contributed by atoms with E-state index in [-0.39, 0.29) is 14.7 Å². The lowest BCUT2D eigenvalue weighted by molar-refractivity contribution is -0.239. The molecule has 0 fully saturated rings. The lowest BCUT2D eigenvalue weighted by Crippen LogP contribution is -2.41. The SMILES string of the molecule is FC(F)(F)C(F)(F)S(c1ccccc1)(c1ccccc1)c1ccccc1. The molecule has 0 nitrogen and oxygen atoms in total. The highest BCUT2D eigenvalue weighted by Crippen LogP contribution is 2.79. The number of halogens is 5. The van der Waals surface area contributed by atoms with E-state index in [1.807, 2.05) is 0 Å². The Morgan fingerprint density at radius 1 is 0.462 bits per heavy atom. The van der Waals surface area contributed by atoms with Crippen molar-refractivity contribution in [1.82, 2.24) is 0 Å². The summed E-state index contributed by atoms with van der Waals surface area (Å²) in [6.45, 7) is 0. The lowest BCUT2D eigenvalue weighted by Gasteiger charge is -2.47. The van der Waals surface area contributed by atoms with Gasteiger partial charge < -0.3 is 0 Å². The minimum Gasteiger partial charge on any atom is -0.184 e. The summed E-state index contributed by atoms with van der Waals surface area (Å²) < 4.78 is 71.4. The predicted octanol–water partition coefficient (Wildman–Crippen LogP) is 7.12. The molecule has 3 aromatic carbocycles. The van der Waals surface area contributed by atoms with Crippen molar-refractivity contribution in [1.29, 1.82) is 0 Å². The molecular weight excluding hydrogens is 367 g/mol. The molecule has 0 unspecified atom stereocenters. The summed E-state index contributed by atoms with van der Waals surface area (Å²) in [4.78, 5) is -0.126. The van der Waals surface area contributed by atoms with E-state index in [0.717, 1.165) is 0 Å². The summed E-state index contributed by atoms with van der Waals surface area (Å²) >= 11 is 0. The van der Waals surface area contributed by atoms with Crippen LogP contribution in [0.25, 0.3) is 0 Å². The third-order valence-electron chi connectivity index (χ3n) is 4.00. The molecule has 0 heterocycles. The third kappa shape index (κ3) is 2.78. The van der Waals surface area contributed by atoms with E-state index in [1.54, 1.807) is 18.2 Å². The summed E-state index contributed by atoms with van der Waals surface area (Å²) in [5.41, 5.74) is 0. The molecule has 0 atom stereocenters. The van der Waals surface area contributed by atoms with Crippen molar-refractivity contribution in [2.45, 2.75) is 26.1 Å². The molecule has 0 saturated carbocycles. The molecule has 0 amide bonds. The van der Waals surface area contributed by atoms with Crippen LogP contribution in [0.1, 0.15) is 0 Å². The van der Waals surface area contributed by atoms with E-state index < -0.39 is 21.5 Å². The summed E-state index contributed by atoms with van der Waals surface area (Å²) in [6.07, 6.45) is -5.70. The molecule has 6 heteroatoms. The Morgan fingerprint density at radius 3 is 0.962 bits per heavy atom.